The topological polar surface area (TPSA) is 133 Å². The lowest BCUT2D eigenvalue weighted by Crippen LogP contribution is -3.00. The summed E-state index contributed by atoms with van der Waals surface area (Å²) < 4.78 is 0. The number of benzene rings is 1. The molecule has 0 aliphatic heterocycles. The number of hydrogen-bond acceptors (Lipinski definition) is 5. The second kappa shape index (κ2) is 4.31. The Morgan fingerprint density at radius 2 is 1.47 bits per heavy atom. The summed E-state index contributed by atoms with van der Waals surface area (Å²) in [5, 5.41) is 44.2. The van der Waals surface area contributed by atoms with Crippen molar-refractivity contribution >= 4 is 17.3 Å². The zero-order valence-corrected chi connectivity index (χ0v) is 7.30. The van der Waals surface area contributed by atoms with Crippen LogP contribution < -0.4 is 10.5 Å². The second-order valence-corrected chi connectivity index (χ2v) is 2.71. The third kappa shape index (κ3) is 2.70. The molecule has 0 heterocycles. The Labute approximate surface area is 83.3 Å². The van der Waals surface area contributed by atoms with Crippen molar-refractivity contribution in [2.45, 2.75) is 0 Å². The highest BCUT2D eigenvalue weighted by Crippen LogP contribution is 2.12. The number of rotatable bonds is 3. The van der Waals surface area contributed by atoms with Crippen molar-refractivity contribution < 1.29 is 30.8 Å². The summed E-state index contributed by atoms with van der Waals surface area (Å²) in [4.78, 5) is 10.6. The first kappa shape index (κ1) is 11.5. The van der Waals surface area contributed by atoms with Gasteiger partial charge in [0.05, 0.1) is 11.6 Å². The number of quaternary nitrogens is 2. The molecule has 0 saturated carbocycles. The fourth-order valence-corrected chi connectivity index (χ4v) is 0.998. The molecule has 0 radical (unpaired) electrons. The van der Waals surface area contributed by atoms with Gasteiger partial charge >= 0.3 is 5.97 Å². The lowest BCUT2D eigenvalue weighted by atomic mass is 10.2. The molecule has 0 bridgehead atoms. The second-order valence-electron chi connectivity index (χ2n) is 2.71. The molecule has 1 aromatic carbocycles. The molecular weight excluding hydrogens is 208 g/mol. The van der Waals surface area contributed by atoms with E-state index in [9.17, 15) is 15.2 Å². The molecule has 0 spiro atoms. The van der Waals surface area contributed by atoms with Gasteiger partial charge in [-0.05, 0) is 0 Å². The van der Waals surface area contributed by atoms with Crippen LogP contribution in [-0.2, 0) is 0 Å². The van der Waals surface area contributed by atoms with Crippen molar-refractivity contribution in [2.75, 3.05) is 0 Å². The molecule has 0 aliphatic carbocycles. The summed E-state index contributed by atoms with van der Waals surface area (Å²) >= 11 is 0. The van der Waals surface area contributed by atoms with Gasteiger partial charge in [0, 0.05) is 12.1 Å². The molecule has 0 aromatic heterocycles. The van der Waals surface area contributed by atoms with Gasteiger partial charge in [-0.25, -0.2) is 15.2 Å². The molecule has 82 valence electrons. The highest BCUT2D eigenvalue weighted by molar-refractivity contribution is 5.89. The third-order valence-corrected chi connectivity index (χ3v) is 1.67. The molecule has 15 heavy (non-hydrogen) atoms. The van der Waals surface area contributed by atoms with Crippen LogP contribution in [0.5, 0.6) is 0 Å². The summed E-state index contributed by atoms with van der Waals surface area (Å²) in [6.07, 6.45) is 0. The summed E-state index contributed by atoms with van der Waals surface area (Å²) in [5.41, 5.74) is -1.10. The average Bonchev–Trinajstić information content (AvgIpc) is 2.16. The smallest absolute Gasteiger partial charge is 0.336 e. The Bertz CT molecular complexity index is 351. The fourth-order valence-electron chi connectivity index (χ4n) is 0.998. The van der Waals surface area contributed by atoms with Gasteiger partial charge in [0.25, 0.3) is 0 Å². The maximum Gasteiger partial charge on any atom is 0.336 e. The Morgan fingerprint density at radius 1 is 1.07 bits per heavy atom. The van der Waals surface area contributed by atoms with Crippen LogP contribution in [0.25, 0.3) is 0 Å². The van der Waals surface area contributed by atoms with E-state index >= 15 is 0 Å². The van der Waals surface area contributed by atoms with Crippen LogP contribution in [0.1, 0.15) is 10.4 Å². The van der Waals surface area contributed by atoms with Crippen molar-refractivity contribution in [1.29, 1.82) is 0 Å². The Hall–Kier alpha value is -1.55. The largest absolute Gasteiger partial charge is 0.595 e. The van der Waals surface area contributed by atoms with E-state index in [1.165, 1.54) is 0 Å². The van der Waals surface area contributed by atoms with Gasteiger partial charge in [-0.2, -0.15) is 10.5 Å². The maximum atomic E-state index is 10.6. The van der Waals surface area contributed by atoms with Gasteiger partial charge in [0.2, 0.25) is 0 Å². The van der Waals surface area contributed by atoms with Crippen molar-refractivity contribution in [2.24, 2.45) is 0 Å². The third-order valence-electron chi connectivity index (χ3n) is 1.67. The van der Waals surface area contributed by atoms with E-state index in [0.717, 1.165) is 18.2 Å². The van der Waals surface area contributed by atoms with Crippen LogP contribution in [0.3, 0.4) is 0 Å². The van der Waals surface area contributed by atoms with Gasteiger partial charge in [-0.1, -0.05) is 0 Å². The number of carboxylic acids is 1. The van der Waals surface area contributed by atoms with Crippen LogP contribution >= 0.6 is 0 Å². The molecular formula is C7H8N2O6. The van der Waals surface area contributed by atoms with E-state index in [4.69, 9.17) is 15.5 Å². The molecule has 2 unspecified atom stereocenters. The minimum Gasteiger partial charge on any atom is -0.595 e. The quantitative estimate of drug-likeness (QED) is 0.378. The molecule has 0 fully saturated rings. The van der Waals surface area contributed by atoms with Gasteiger partial charge in [-0.15, -0.1) is 0 Å². The summed E-state index contributed by atoms with van der Waals surface area (Å²) in [7, 11) is 0. The zero-order valence-electron chi connectivity index (χ0n) is 7.30. The lowest BCUT2D eigenvalue weighted by Gasteiger charge is -2.16. The van der Waals surface area contributed by atoms with Crippen LogP contribution in [0.4, 0.5) is 11.4 Å². The predicted molar refractivity (Wildman–Crippen MR) is 45.0 cm³/mol. The zero-order chi connectivity index (χ0) is 11.6. The first-order valence-electron chi connectivity index (χ1n) is 3.77. The monoisotopic (exact) mass is 216 g/mol. The standard InChI is InChI=1S/C7H8N2O6/c10-7(11)4-1-5(8(12)13)3-6(2-4)9(14)15/h1-3,8-9,12,14H,(H,10,11). The van der Waals surface area contributed by atoms with Crippen molar-refractivity contribution in [3.05, 3.63) is 34.2 Å². The van der Waals surface area contributed by atoms with Crippen molar-refractivity contribution in [1.82, 2.24) is 0 Å². The molecule has 0 aliphatic rings. The summed E-state index contributed by atoms with van der Waals surface area (Å²) in [6, 6.07) is 2.70. The van der Waals surface area contributed by atoms with Crippen molar-refractivity contribution in [3.63, 3.8) is 0 Å². The van der Waals surface area contributed by atoms with E-state index in [-0.39, 0.29) is 16.9 Å². The first-order chi connectivity index (χ1) is 6.91. The lowest BCUT2D eigenvalue weighted by molar-refractivity contribution is -0.996. The molecule has 0 amide bonds. The molecule has 8 nitrogen and oxygen atoms in total. The molecule has 5 N–H and O–H groups in total. The minimum atomic E-state index is -1.37. The van der Waals surface area contributed by atoms with E-state index in [1.807, 2.05) is 0 Å². The summed E-state index contributed by atoms with van der Waals surface area (Å²) in [5.74, 6) is -1.37. The normalized spacial score (nSPS) is 14.7. The van der Waals surface area contributed by atoms with Gasteiger partial charge < -0.3 is 15.5 Å². The Morgan fingerprint density at radius 3 is 1.73 bits per heavy atom. The van der Waals surface area contributed by atoms with Crippen LogP contribution in [-0.4, -0.2) is 21.5 Å². The van der Waals surface area contributed by atoms with Crippen LogP contribution in [0.15, 0.2) is 18.2 Å². The fraction of sp³-hybridized carbons (Fsp3) is 0. The van der Waals surface area contributed by atoms with Crippen molar-refractivity contribution in [3.8, 4) is 0 Å². The maximum absolute atomic E-state index is 10.6. The number of carboxylic acid groups (broad SMARTS) is 1. The highest BCUT2D eigenvalue weighted by atomic mass is 16.8. The molecule has 8 heteroatoms. The highest BCUT2D eigenvalue weighted by Gasteiger charge is 2.14. The van der Waals surface area contributed by atoms with Gasteiger partial charge in [0.1, 0.15) is 0 Å². The molecule has 1 aromatic rings. The van der Waals surface area contributed by atoms with Crippen LogP contribution in [0.2, 0.25) is 0 Å². The number of carbonyl (C=O) groups is 1. The summed E-state index contributed by atoms with van der Waals surface area (Å²) in [6.45, 7) is 0. The Balaban J connectivity index is 3.26. The average molecular weight is 216 g/mol. The molecule has 2 atom stereocenters. The molecule has 1 rings (SSSR count). The Kier molecular flexibility index (Phi) is 3.31. The number of nitrogens with one attached hydrogen (secondary N) is 2. The van der Waals surface area contributed by atoms with E-state index in [1.54, 1.807) is 0 Å². The first-order valence-corrected chi connectivity index (χ1v) is 3.77. The predicted octanol–water partition coefficient (Wildman–Crippen LogP) is -1.81. The van der Waals surface area contributed by atoms with E-state index in [2.05, 4.69) is 0 Å². The molecule has 0 saturated heterocycles. The SMILES string of the molecule is O=C(O)c1cc([NH+]([O-])O)cc([NH+]([O-])O)c1. The number of aromatic carboxylic acids is 1. The van der Waals surface area contributed by atoms with Crippen LogP contribution in [0, 0.1) is 10.4 Å². The van der Waals surface area contributed by atoms with E-state index in [0.29, 0.717) is 0 Å². The minimum absolute atomic E-state index is 0.368. The number of hydrogen-bond donors (Lipinski definition) is 5. The van der Waals surface area contributed by atoms with Gasteiger partial charge in [0.15, 0.2) is 11.4 Å². The van der Waals surface area contributed by atoms with E-state index < -0.39 is 16.4 Å². The van der Waals surface area contributed by atoms with Gasteiger partial charge in [-0.3, -0.25) is 0 Å².